The average Bonchev–Trinajstić information content (AvgIpc) is 3.09. The second-order valence-corrected chi connectivity index (χ2v) is 5.27. The van der Waals surface area contributed by atoms with Gasteiger partial charge < -0.3 is 11.5 Å². The van der Waals surface area contributed by atoms with Gasteiger partial charge in [0.05, 0.1) is 0 Å². The summed E-state index contributed by atoms with van der Waals surface area (Å²) in [4.78, 5) is 0. The van der Waals surface area contributed by atoms with Gasteiger partial charge in [-0.15, -0.1) is 0 Å². The van der Waals surface area contributed by atoms with Gasteiger partial charge >= 0.3 is 0 Å². The molecular weight excluding hydrogens is 208 g/mol. The highest BCUT2D eigenvalue weighted by molar-refractivity contribution is 5.28. The lowest BCUT2D eigenvalue weighted by Gasteiger charge is -2.28. The molecule has 96 valence electrons. The fourth-order valence-corrected chi connectivity index (χ4v) is 2.32. The van der Waals surface area contributed by atoms with Gasteiger partial charge in [0.2, 0.25) is 0 Å². The third kappa shape index (κ3) is 3.30. The quantitative estimate of drug-likeness (QED) is 0.812. The molecule has 2 heteroatoms. The maximum absolute atomic E-state index is 3.82. The smallest absolute Gasteiger partial charge is 0.0150 e. The van der Waals surface area contributed by atoms with Gasteiger partial charge in [-0.1, -0.05) is 44.2 Å². The molecule has 1 aromatic rings. The lowest BCUT2D eigenvalue weighted by atomic mass is 9.95. The Hall–Kier alpha value is -0.860. The van der Waals surface area contributed by atoms with E-state index in [0.717, 1.165) is 5.92 Å². The van der Waals surface area contributed by atoms with Crippen molar-refractivity contribution in [3.63, 3.8) is 0 Å². The van der Waals surface area contributed by atoms with Crippen LogP contribution in [0.5, 0.6) is 0 Å². The lowest BCUT2D eigenvalue weighted by Crippen LogP contribution is -2.42. The van der Waals surface area contributed by atoms with Crippen LogP contribution >= 0.6 is 0 Å². The maximum Gasteiger partial charge on any atom is 0.0150 e. The lowest BCUT2D eigenvalue weighted by molar-refractivity contribution is 0.326. The molecule has 0 aliphatic heterocycles. The summed E-state index contributed by atoms with van der Waals surface area (Å²) in [5, 5.41) is 3.82. The molecule has 1 aliphatic carbocycles. The molecular formula is C15H26N2. The van der Waals surface area contributed by atoms with Crippen LogP contribution in [0.1, 0.15) is 51.5 Å². The van der Waals surface area contributed by atoms with E-state index in [4.69, 9.17) is 0 Å². The van der Waals surface area contributed by atoms with Gasteiger partial charge in [-0.3, -0.25) is 0 Å². The molecule has 0 heterocycles. The van der Waals surface area contributed by atoms with Crippen molar-refractivity contribution in [2.24, 2.45) is 0 Å². The Morgan fingerprint density at radius 1 is 1.18 bits per heavy atom. The minimum Gasteiger partial charge on any atom is -0.344 e. The van der Waals surface area contributed by atoms with Gasteiger partial charge in [0.25, 0.3) is 0 Å². The van der Waals surface area contributed by atoms with E-state index in [1.165, 1.54) is 24.8 Å². The van der Waals surface area contributed by atoms with E-state index >= 15 is 0 Å². The molecule has 0 radical (unpaired) electrons. The van der Waals surface area contributed by atoms with Crippen LogP contribution in [0.2, 0.25) is 0 Å². The van der Waals surface area contributed by atoms with Crippen molar-refractivity contribution >= 4 is 0 Å². The molecule has 0 spiro atoms. The van der Waals surface area contributed by atoms with E-state index in [0.29, 0.717) is 11.6 Å². The predicted molar refractivity (Wildman–Crippen MR) is 74.7 cm³/mol. The number of hydrogen-bond acceptors (Lipinski definition) is 2. The summed E-state index contributed by atoms with van der Waals surface area (Å²) in [7, 11) is 0. The topological polar surface area (TPSA) is 47.0 Å². The average molecular weight is 234 g/mol. The highest BCUT2D eigenvalue weighted by Gasteiger charge is 2.41. The fourth-order valence-electron chi connectivity index (χ4n) is 2.32. The van der Waals surface area contributed by atoms with E-state index < -0.39 is 0 Å². The first-order valence-corrected chi connectivity index (χ1v) is 6.51. The molecule has 0 amide bonds. The summed E-state index contributed by atoms with van der Waals surface area (Å²) in [6, 6.07) is 11.6. The molecule has 1 aliphatic rings. The molecule has 2 atom stereocenters. The Kier molecular flexibility index (Phi) is 4.72. The molecule has 4 N–H and O–H groups in total. The van der Waals surface area contributed by atoms with Gasteiger partial charge in [-0.25, -0.2) is 0 Å². The molecule has 0 bridgehead atoms. The molecule has 0 aromatic heterocycles. The van der Waals surface area contributed by atoms with Crippen LogP contribution < -0.4 is 11.5 Å². The number of rotatable bonds is 5. The zero-order valence-electron chi connectivity index (χ0n) is 11.4. The van der Waals surface area contributed by atoms with Crippen LogP contribution in [0.15, 0.2) is 30.3 Å². The van der Waals surface area contributed by atoms with Crippen molar-refractivity contribution < 1.29 is 0 Å². The third-order valence-corrected chi connectivity index (χ3v) is 4.11. The molecule has 2 unspecified atom stereocenters. The van der Waals surface area contributed by atoms with Crippen LogP contribution in [0.25, 0.3) is 0 Å². The van der Waals surface area contributed by atoms with Crippen molar-refractivity contribution in [2.75, 3.05) is 0 Å². The molecule has 2 rings (SSSR count). The second kappa shape index (κ2) is 5.65. The zero-order chi connectivity index (χ0) is 11.6. The van der Waals surface area contributed by atoms with E-state index in [9.17, 15) is 0 Å². The number of nitrogens with one attached hydrogen (secondary N) is 1. The molecule has 1 saturated carbocycles. The molecule has 0 saturated heterocycles. The molecule has 1 aromatic carbocycles. The zero-order valence-corrected chi connectivity index (χ0v) is 11.4. The van der Waals surface area contributed by atoms with E-state index in [1.807, 2.05) is 0 Å². The first kappa shape index (κ1) is 14.2. The van der Waals surface area contributed by atoms with Gasteiger partial charge in [-0.2, -0.15) is 0 Å². The van der Waals surface area contributed by atoms with Gasteiger partial charge in [0.15, 0.2) is 0 Å². The second-order valence-electron chi connectivity index (χ2n) is 5.27. The maximum atomic E-state index is 3.82. The van der Waals surface area contributed by atoms with Crippen molar-refractivity contribution in [2.45, 2.75) is 57.5 Å². The van der Waals surface area contributed by atoms with Gasteiger partial charge in [-0.05, 0) is 31.7 Å². The largest absolute Gasteiger partial charge is 0.344 e. The monoisotopic (exact) mass is 234 g/mol. The fraction of sp³-hybridized carbons (Fsp3) is 0.600. The molecule has 1 fully saturated rings. The van der Waals surface area contributed by atoms with Gasteiger partial charge in [0, 0.05) is 17.5 Å². The Morgan fingerprint density at radius 3 is 2.29 bits per heavy atom. The van der Waals surface area contributed by atoms with E-state index in [2.05, 4.69) is 56.4 Å². The van der Waals surface area contributed by atoms with E-state index in [-0.39, 0.29) is 6.15 Å². The first-order valence-electron chi connectivity index (χ1n) is 6.51. The minimum absolute atomic E-state index is 0. The van der Waals surface area contributed by atoms with Crippen molar-refractivity contribution in [1.82, 2.24) is 11.5 Å². The Labute approximate surface area is 105 Å². The Balaban J connectivity index is 0.00000144. The van der Waals surface area contributed by atoms with Crippen molar-refractivity contribution in [1.29, 1.82) is 0 Å². The van der Waals surface area contributed by atoms with Crippen LogP contribution in [-0.2, 0) is 0 Å². The van der Waals surface area contributed by atoms with Crippen molar-refractivity contribution in [3.8, 4) is 0 Å². The van der Waals surface area contributed by atoms with Crippen LogP contribution in [-0.4, -0.2) is 11.6 Å². The van der Waals surface area contributed by atoms with Crippen molar-refractivity contribution in [3.05, 3.63) is 35.9 Å². The van der Waals surface area contributed by atoms with Gasteiger partial charge in [0.1, 0.15) is 0 Å². The summed E-state index contributed by atoms with van der Waals surface area (Å²) in [6.07, 6.45) is 3.72. The normalized spacial score (nSPS) is 23.0. The Morgan fingerprint density at radius 2 is 1.76 bits per heavy atom. The highest BCUT2D eigenvalue weighted by Crippen LogP contribution is 2.42. The Bertz CT molecular complexity index is 330. The summed E-state index contributed by atoms with van der Waals surface area (Å²) >= 11 is 0. The number of benzene rings is 1. The predicted octanol–water partition coefficient (Wildman–Crippen LogP) is 3.87. The third-order valence-electron chi connectivity index (χ3n) is 4.11. The van der Waals surface area contributed by atoms with E-state index in [1.54, 1.807) is 0 Å². The number of hydrogen-bond donors (Lipinski definition) is 2. The van der Waals surface area contributed by atoms with Crippen LogP contribution in [0, 0.1) is 0 Å². The van der Waals surface area contributed by atoms with Crippen LogP contribution in [0.4, 0.5) is 0 Å². The summed E-state index contributed by atoms with van der Waals surface area (Å²) in [6.45, 7) is 6.89. The summed E-state index contributed by atoms with van der Waals surface area (Å²) in [5.74, 6) is 0.749. The molecule has 17 heavy (non-hydrogen) atoms. The minimum atomic E-state index is 0. The highest BCUT2D eigenvalue weighted by atomic mass is 15.0. The SMILES string of the molecule is CCC(C)(CC)NC1CC1c1ccccc1.N. The first-order chi connectivity index (χ1) is 7.68. The molecule has 2 nitrogen and oxygen atoms in total. The summed E-state index contributed by atoms with van der Waals surface area (Å²) < 4.78 is 0. The van der Waals surface area contributed by atoms with Crippen LogP contribution in [0.3, 0.4) is 0 Å². The standard InChI is InChI=1S/C15H23N.H3N/c1-4-15(3,5-2)16-14-11-13(14)12-9-7-6-8-10-12;/h6-10,13-14,16H,4-5,11H2,1-3H3;1H3. The summed E-state index contributed by atoms with van der Waals surface area (Å²) in [5.41, 5.74) is 1.82.